The third kappa shape index (κ3) is 5.24. The molecule has 0 unspecified atom stereocenters. The number of rotatable bonds is 7. The van der Waals surface area contributed by atoms with Gasteiger partial charge < -0.3 is 19.5 Å². The van der Waals surface area contributed by atoms with Crippen molar-refractivity contribution in [2.24, 2.45) is 0 Å². The highest BCUT2D eigenvalue weighted by Gasteiger charge is 2.13. The molecule has 0 fully saturated rings. The van der Waals surface area contributed by atoms with Crippen LogP contribution in [-0.4, -0.2) is 32.7 Å². The molecular formula is C19H21NO5. The maximum absolute atomic E-state index is 12.1. The van der Waals surface area contributed by atoms with Crippen molar-refractivity contribution in [2.75, 3.05) is 26.1 Å². The summed E-state index contributed by atoms with van der Waals surface area (Å²) in [6.07, 6.45) is 0.926. The summed E-state index contributed by atoms with van der Waals surface area (Å²) in [6, 6.07) is 12.2. The minimum absolute atomic E-state index is 0.247. The maximum atomic E-state index is 12.1. The van der Waals surface area contributed by atoms with Crippen molar-refractivity contribution in [3.8, 4) is 11.5 Å². The molecule has 0 aliphatic heterocycles. The highest BCUT2D eigenvalue weighted by molar-refractivity contribution is 5.95. The molecule has 25 heavy (non-hydrogen) atoms. The number of nitrogens with one attached hydrogen (secondary N) is 1. The van der Waals surface area contributed by atoms with E-state index in [1.807, 2.05) is 24.3 Å². The Morgan fingerprint density at radius 1 is 0.960 bits per heavy atom. The fourth-order valence-electron chi connectivity index (χ4n) is 2.16. The number of methoxy groups -OCH3 is 2. The highest BCUT2D eigenvalue weighted by atomic mass is 16.5. The lowest BCUT2D eigenvalue weighted by atomic mass is 10.1. The number of esters is 1. The normalized spacial score (nSPS) is 10.0. The first-order valence-corrected chi connectivity index (χ1v) is 7.84. The van der Waals surface area contributed by atoms with Crippen LogP contribution in [0.4, 0.5) is 5.69 Å². The van der Waals surface area contributed by atoms with E-state index in [2.05, 4.69) is 12.2 Å². The van der Waals surface area contributed by atoms with E-state index in [9.17, 15) is 9.59 Å². The first-order chi connectivity index (χ1) is 12.0. The van der Waals surface area contributed by atoms with Crippen molar-refractivity contribution in [3.63, 3.8) is 0 Å². The van der Waals surface area contributed by atoms with Crippen molar-refractivity contribution < 1.29 is 23.8 Å². The number of amides is 1. The summed E-state index contributed by atoms with van der Waals surface area (Å²) in [4.78, 5) is 24.0. The fourth-order valence-corrected chi connectivity index (χ4v) is 2.16. The molecule has 0 aliphatic carbocycles. The average Bonchev–Trinajstić information content (AvgIpc) is 2.66. The summed E-state index contributed by atoms with van der Waals surface area (Å²) in [6.45, 7) is 1.68. The largest absolute Gasteiger partial charge is 0.497 e. The molecule has 0 heterocycles. The number of carbonyl (C=O) groups is 2. The van der Waals surface area contributed by atoms with Crippen LogP contribution < -0.4 is 14.8 Å². The Morgan fingerprint density at radius 2 is 1.56 bits per heavy atom. The van der Waals surface area contributed by atoms with Gasteiger partial charge in [-0.25, -0.2) is 4.79 Å². The van der Waals surface area contributed by atoms with E-state index in [1.165, 1.54) is 31.9 Å². The van der Waals surface area contributed by atoms with Gasteiger partial charge in [-0.05, 0) is 36.2 Å². The molecule has 1 N–H and O–H groups in total. The van der Waals surface area contributed by atoms with Crippen molar-refractivity contribution in [2.45, 2.75) is 13.3 Å². The van der Waals surface area contributed by atoms with Gasteiger partial charge in [-0.3, -0.25) is 4.79 Å². The molecule has 0 aliphatic rings. The highest BCUT2D eigenvalue weighted by Crippen LogP contribution is 2.23. The average molecular weight is 343 g/mol. The molecule has 6 nitrogen and oxygen atoms in total. The number of aryl methyl sites for hydroxylation is 1. The van der Waals surface area contributed by atoms with Crippen LogP contribution in [0.5, 0.6) is 11.5 Å². The van der Waals surface area contributed by atoms with Crippen LogP contribution in [0.15, 0.2) is 42.5 Å². The van der Waals surface area contributed by atoms with E-state index in [0.29, 0.717) is 17.2 Å². The standard InChI is InChI=1S/C19H21NO5/c1-4-13-5-7-15(8-6-13)20-18(21)12-25-19(22)14-9-16(23-2)11-17(10-14)24-3/h5-11H,4,12H2,1-3H3,(H,20,21). The lowest BCUT2D eigenvalue weighted by molar-refractivity contribution is -0.119. The van der Waals surface area contributed by atoms with Gasteiger partial charge in [-0.15, -0.1) is 0 Å². The first-order valence-electron chi connectivity index (χ1n) is 7.84. The zero-order valence-electron chi connectivity index (χ0n) is 14.5. The van der Waals surface area contributed by atoms with Gasteiger partial charge in [0, 0.05) is 11.8 Å². The quantitative estimate of drug-likeness (QED) is 0.782. The Labute approximate surface area is 146 Å². The van der Waals surface area contributed by atoms with E-state index in [0.717, 1.165) is 6.42 Å². The molecule has 0 spiro atoms. The van der Waals surface area contributed by atoms with E-state index in [1.54, 1.807) is 6.07 Å². The van der Waals surface area contributed by atoms with Crippen LogP contribution in [-0.2, 0) is 16.0 Å². The number of hydrogen-bond donors (Lipinski definition) is 1. The molecule has 0 radical (unpaired) electrons. The summed E-state index contributed by atoms with van der Waals surface area (Å²) in [5.74, 6) is -0.111. The van der Waals surface area contributed by atoms with Gasteiger partial charge in [0.05, 0.1) is 19.8 Å². The Hall–Kier alpha value is -3.02. The van der Waals surface area contributed by atoms with Crippen molar-refractivity contribution in [1.29, 1.82) is 0 Å². The smallest absolute Gasteiger partial charge is 0.338 e. The molecule has 0 bridgehead atoms. The van der Waals surface area contributed by atoms with Crippen molar-refractivity contribution >= 4 is 17.6 Å². The summed E-state index contributed by atoms with van der Waals surface area (Å²) < 4.78 is 15.3. The third-order valence-corrected chi connectivity index (χ3v) is 3.57. The van der Waals surface area contributed by atoms with Crippen LogP contribution in [0.2, 0.25) is 0 Å². The van der Waals surface area contributed by atoms with Crippen molar-refractivity contribution in [3.05, 3.63) is 53.6 Å². The van der Waals surface area contributed by atoms with Gasteiger partial charge in [0.15, 0.2) is 6.61 Å². The topological polar surface area (TPSA) is 73.9 Å². The Kier molecular flexibility index (Phi) is 6.39. The molecule has 0 atom stereocenters. The van der Waals surface area contributed by atoms with E-state index in [4.69, 9.17) is 14.2 Å². The lowest BCUT2D eigenvalue weighted by Crippen LogP contribution is -2.21. The molecule has 132 valence electrons. The Balaban J connectivity index is 1.93. The molecule has 0 saturated heterocycles. The molecule has 1 amide bonds. The minimum Gasteiger partial charge on any atom is -0.497 e. The monoisotopic (exact) mass is 343 g/mol. The molecule has 0 saturated carbocycles. The maximum Gasteiger partial charge on any atom is 0.338 e. The molecule has 2 rings (SSSR count). The van der Waals surface area contributed by atoms with Crippen LogP contribution >= 0.6 is 0 Å². The van der Waals surface area contributed by atoms with Gasteiger partial charge in [-0.1, -0.05) is 19.1 Å². The van der Waals surface area contributed by atoms with Gasteiger partial charge in [-0.2, -0.15) is 0 Å². The zero-order valence-corrected chi connectivity index (χ0v) is 14.5. The number of carbonyl (C=O) groups excluding carboxylic acids is 2. The van der Waals surface area contributed by atoms with Gasteiger partial charge in [0.25, 0.3) is 5.91 Å². The second-order valence-corrected chi connectivity index (χ2v) is 5.28. The van der Waals surface area contributed by atoms with Crippen LogP contribution in [0.3, 0.4) is 0 Å². The number of ether oxygens (including phenoxy) is 3. The Morgan fingerprint density at radius 3 is 2.08 bits per heavy atom. The molecular weight excluding hydrogens is 322 g/mol. The van der Waals surface area contributed by atoms with E-state index >= 15 is 0 Å². The minimum atomic E-state index is -0.631. The SMILES string of the molecule is CCc1ccc(NC(=O)COC(=O)c2cc(OC)cc(OC)c2)cc1. The number of hydrogen-bond acceptors (Lipinski definition) is 5. The van der Waals surface area contributed by atoms with Gasteiger partial charge in [0.1, 0.15) is 11.5 Å². The second kappa shape index (κ2) is 8.73. The summed E-state index contributed by atoms with van der Waals surface area (Å²) in [5, 5.41) is 2.68. The zero-order chi connectivity index (χ0) is 18.2. The third-order valence-electron chi connectivity index (χ3n) is 3.57. The lowest BCUT2D eigenvalue weighted by Gasteiger charge is -2.09. The number of anilines is 1. The molecule has 0 aromatic heterocycles. The Bertz CT molecular complexity index is 718. The molecule has 2 aromatic carbocycles. The first kappa shape index (κ1) is 18.3. The number of benzene rings is 2. The second-order valence-electron chi connectivity index (χ2n) is 5.28. The fraction of sp³-hybridized carbons (Fsp3) is 0.263. The van der Waals surface area contributed by atoms with Crippen LogP contribution in [0, 0.1) is 0 Å². The van der Waals surface area contributed by atoms with Crippen LogP contribution in [0.25, 0.3) is 0 Å². The van der Waals surface area contributed by atoms with Crippen LogP contribution in [0.1, 0.15) is 22.8 Å². The molecule has 2 aromatic rings. The van der Waals surface area contributed by atoms with E-state index < -0.39 is 11.9 Å². The summed E-state index contributed by atoms with van der Waals surface area (Å²) in [7, 11) is 2.97. The summed E-state index contributed by atoms with van der Waals surface area (Å²) >= 11 is 0. The van der Waals surface area contributed by atoms with Gasteiger partial charge >= 0.3 is 5.97 Å². The molecule has 6 heteroatoms. The van der Waals surface area contributed by atoms with Gasteiger partial charge in [0.2, 0.25) is 0 Å². The summed E-state index contributed by atoms with van der Waals surface area (Å²) in [5.41, 5.74) is 2.08. The van der Waals surface area contributed by atoms with Crippen molar-refractivity contribution in [1.82, 2.24) is 0 Å². The van der Waals surface area contributed by atoms with E-state index in [-0.39, 0.29) is 12.2 Å². The predicted molar refractivity (Wildman–Crippen MR) is 94.3 cm³/mol. The predicted octanol–water partition coefficient (Wildman–Crippen LogP) is 3.06.